The number of rotatable bonds is 7. The molecule has 1 rings (SSSR count). The van der Waals surface area contributed by atoms with E-state index in [1.807, 2.05) is 0 Å². The molecule has 1 aliphatic rings. The molecular formula is C12H25NO. The molecule has 0 aliphatic heterocycles. The summed E-state index contributed by atoms with van der Waals surface area (Å²) in [6.07, 6.45) is 4.23. The quantitative estimate of drug-likeness (QED) is 0.680. The van der Waals surface area contributed by atoms with Gasteiger partial charge in [0.1, 0.15) is 0 Å². The van der Waals surface area contributed by atoms with Crippen molar-refractivity contribution in [1.82, 2.24) is 5.32 Å². The highest BCUT2D eigenvalue weighted by Crippen LogP contribution is 2.22. The Bertz CT molecular complexity index is 164. The summed E-state index contributed by atoms with van der Waals surface area (Å²) >= 11 is 0. The maximum atomic E-state index is 5.77. The molecule has 1 unspecified atom stereocenters. The smallest absolute Gasteiger partial charge is 0.0544 e. The molecule has 1 atom stereocenters. The third-order valence-electron chi connectivity index (χ3n) is 2.78. The molecule has 2 nitrogen and oxygen atoms in total. The van der Waals surface area contributed by atoms with Gasteiger partial charge in [-0.15, -0.1) is 0 Å². The van der Waals surface area contributed by atoms with Crippen molar-refractivity contribution in [1.29, 1.82) is 0 Å². The number of nitrogens with one attached hydrogen (secondary N) is 1. The molecule has 14 heavy (non-hydrogen) atoms. The van der Waals surface area contributed by atoms with E-state index >= 15 is 0 Å². The fraction of sp³-hybridized carbons (Fsp3) is 1.00. The monoisotopic (exact) mass is 199 g/mol. The van der Waals surface area contributed by atoms with Gasteiger partial charge in [-0.2, -0.15) is 0 Å². The second-order valence-corrected chi connectivity index (χ2v) is 5.35. The fourth-order valence-electron chi connectivity index (χ4n) is 1.24. The Morgan fingerprint density at radius 3 is 2.57 bits per heavy atom. The molecule has 0 heterocycles. The van der Waals surface area contributed by atoms with Crippen LogP contribution in [0.4, 0.5) is 0 Å². The highest BCUT2D eigenvalue weighted by atomic mass is 16.5. The Kier molecular flexibility index (Phi) is 4.39. The zero-order valence-corrected chi connectivity index (χ0v) is 10.1. The van der Waals surface area contributed by atoms with Crippen molar-refractivity contribution in [2.75, 3.05) is 13.2 Å². The lowest BCUT2D eigenvalue weighted by Gasteiger charge is -2.26. The molecule has 0 spiro atoms. The molecular weight excluding hydrogens is 174 g/mol. The molecule has 1 N–H and O–H groups in total. The summed E-state index contributed by atoms with van der Waals surface area (Å²) in [5.41, 5.74) is 0.270. The highest BCUT2D eigenvalue weighted by Gasteiger charge is 2.25. The van der Waals surface area contributed by atoms with Crippen molar-refractivity contribution >= 4 is 0 Å². The van der Waals surface area contributed by atoms with E-state index in [4.69, 9.17) is 4.74 Å². The van der Waals surface area contributed by atoms with Crippen molar-refractivity contribution in [2.24, 2.45) is 5.41 Å². The van der Waals surface area contributed by atoms with Gasteiger partial charge < -0.3 is 10.1 Å². The normalized spacial score (nSPS) is 19.7. The Hall–Kier alpha value is -0.0800. The van der Waals surface area contributed by atoms with Crippen LogP contribution < -0.4 is 5.32 Å². The predicted octanol–water partition coefficient (Wildman–Crippen LogP) is 2.58. The molecule has 84 valence electrons. The van der Waals surface area contributed by atoms with Crippen LogP contribution in [-0.2, 0) is 4.74 Å². The first-order valence-corrected chi connectivity index (χ1v) is 5.88. The van der Waals surface area contributed by atoms with Gasteiger partial charge in [0, 0.05) is 18.0 Å². The van der Waals surface area contributed by atoms with Crippen LogP contribution in [0.25, 0.3) is 0 Å². The molecule has 0 radical (unpaired) electrons. The van der Waals surface area contributed by atoms with E-state index in [-0.39, 0.29) is 5.41 Å². The van der Waals surface area contributed by atoms with Crippen LogP contribution in [0, 0.1) is 5.41 Å². The standard InChI is InChI=1S/C12H25NO/c1-5-10(2)14-9-12(3,4)8-13-11-6-7-11/h10-11,13H,5-9H2,1-4H3. The van der Waals surface area contributed by atoms with Crippen LogP contribution >= 0.6 is 0 Å². The second-order valence-electron chi connectivity index (χ2n) is 5.35. The third kappa shape index (κ3) is 4.97. The van der Waals surface area contributed by atoms with Gasteiger partial charge in [-0.25, -0.2) is 0 Å². The van der Waals surface area contributed by atoms with E-state index in [2.05, 4.69) is 33.0 Å². The van der Waals surface area contributed by atoms with Crippen LogP contribution in [0.3, 0.4) is 0 Å². The largest absolute Gasteiger partial charge is 0.378 e. The average Bonchev–Trinajstić information content (AvgIpc) is 2.95. The zero-order valence-electron chi connectivity index (χ0n) is 10.1. The first-order valence-electron chi connectivity index (χ1n) is 5.88. The summed E-state index contributed by atoms with van der Waals surface area (Å²) in [5.74, 6) is 0. The molecule has 2 heteroatoms. The van der Waals surface area contributed by atoms with Crippen molar-refractivity contribution in [2.45, 2.75) is 59.1 Å². The highest BCUT2D eigenvalue weighted by molar-refractivity contribution is 4.84. The van der Waals surface area contributed by atoms with Crippen molar-refractivity contribution < 1.29 is 4.74 Å². The maximum Gasteiger partial charge on any atom is 0.0544 e. The Morgan fingerprint density at radius 1 is 1.43 bits per heavy atom. The number of hydrogen-bond donors (Lipinski definition) is 1. The first-order chi connectivity index (χ1) is 6.53. The van der Waals surface area contributed by atoms with Gasteiger partial charge in [-0.1, -0.05) is 20.8 Å². The lowest BCUT2D eigenvalue weighted by molar-refractivity contribution is 0.0107. The predicted molar refractivity (Wildman–Crippen MR) is 60.5 cm³/mol. The number of hydrogen-bond acceptors (Lipinski definition) is 2. The maximum absolute atomic E-state index is 5.77. The van der Waals surface area contributed by atoms with E-state index in [1.165, 1.54) is 12.8 Å². The molecule has 0 saturated heterocycles. The molecule has 1 fully saturated rings. The van der Waals surface area contributed by atoms with Crippen molar-refractivity contribution in [3.05, 3.63) is 0 Å². The van der Waals surface area contributed by atoms with Crippen LogP contribution in [0.15, 0.2) is 0 Å². The van der Waals surface area contributed by atoms with Gasteiger partial charge in [0.2, 0.25) is 0 Å². The van der Waals surface area contributed by atoms with Gasteiger partial charge in [0.15, 0.2) is 0 Å². The number of ether oxygens (including phenoxy) is 1. The summed E-state index contributed by atoms with van der Waals surface area (Å²) in [5, 5.41) is 3.56. The van der Waals surface area contributed by atoms with Crippen LogP contribution in [0.2, 0.25) is 0 Å². The molecule has 1 aliphatic carbocycles. The van der Waals surface area contributed by atoms with Gasteiger partial charge in [0.05, 0.1) is 12.7 Å². The summed E-state index contributed by atoms with van der Waals surface area (Å²) in [4.78, 5) is 0. The Morgan fingerprint density at radius 2 is 2.07 bits per heavy atom. The Balaban J connectivity index is 2.11. The van der Waals surface area contributed by atoms with Gasteiger partial charge in [-0.05, 0) is 26.2 Å². The summed E-state index contributed by atoms with van der Waals surface area (Å²) in [7, 11) is 0. The lowest BCUT2D eigenvalue weighted by Crippen LogP contribution is -2.35. The van der Waals surface area contributed by atoms with E-state index in [1.54, 1.807) is 0 Å². The van der Waals surface area contributed by atoms with Crippen LogP contribution in [0.1, 0.15) is 47.0 Å². The van der Waals surface area contributed by atoms with E-state index in [0.717, 1.165) is 25.6 Å². The molecule has 0 aromatic rings. The fourth-order valence-corrected chi connectivity index (χ4v) is 1.24. The first kappa shape index (κ1) is 12.0. The van der Waals surface area contributed by atoms with Crippen LogP contribution in [-0.4, -0.2) is 25.3 Å². The molecule has 1 saturated carbocycles. The molecule has 0 amide bonds. The van der Waals surface area contributed by atoms with Crippen LogP contribution in [0.5, 0.6) is 0 Å². The van der Waals surface area contributed by atoms with Crippen molar-refractivity contribution in [3.8, 4) is 0 Å². The van der Waals surface area contributed by atoms with Gasteiger partial charge >= 0.3 is 0 Å². The van der Waals surface area contributed by atoms with Gasteiger partial charge in [-0.3, -0.25) is 0 Å². The lowest BCUT2D eigenvalue weighted by atomic mass is 9.94. The van der Waals surface area contributed by atoms with Gasteiger partial charge in [0.25, 0.3) is 0 Å². The molecule has 0 aromatic heterocycles. The molecule has 0 bridgehead atoms. The summed E-state index contributed by atoms with van der Waals surface area (Å²) in [6, 6.07) is 0.804. The minimum atomic E-state index is 0.270. The zero-order chi connectivity index (χ0) is 10.6. The summed E-state index contributed by atoms with van der Waals surface area (Å²) in [6.45, 7) is 10.8. The SMILES string of the molecule is CCC(C)OCC(C)(C)CNC1CC1. The topological polar surface area (TPSA) is 21.3 Å². The Labute approximate surface area is 88.4 Å². The van der Waals surface area contributed by atoms with E-state index < -0.39 is 0 Å². The molecule has 0 aromatic carbocycles. The second kappa shape index (κ2) is 5.13. The van der Waals surface area contributed by atoms with Crippen molar-refractivity contribution in [3.63, 3.8) is 0 Å². The minimum absolute atomic E-state index is 0.270. The minimum Gasteiger partial charge on any atom is -0.378 e. The van der Waals surface area contributed by atoms with E-state index in [9.17, 15) is 0 Å². The third-order valence-corrected chi connectivity index (χ3v) is 2.78. The summed E-state index contributed by atoms with van der Waals surface area (Å²) < 4.78 is 5.77. The van der Waals surface area contributed by atoms with E-state index in [0.29, 0.717) is 6.10 Å². The average molecular weight is 199 g/mol.